The van der Waals surface area contributed by atoms with Crippen molar-refractivity contribution in [2.45, 2.75) is 37.2 Å². The number of nitrogens with zero attached hydrogens (tertiary/aromatic N) is 2. The van der Waals surface area contributed by atoms with Crippen LogP contribution in [0, 0.1) is 0 Å². The zero-order valence-electron chi connectivity index (χ0n) is 12.2. The second-order valence-corrected chi connectivity index (χ2v) is 6.72. The van der Waals surface area contributed by atoms with Gasteiger partial charge in [-0.1, -0.05) is 19.1 Å². The van der Waals surface area contributed by atoms with Crippen LogP contribution in [0.15, 0.2) is 33.6 Å². The molecule has 1 saturated carbocycles. The van der Waals surface area contributed by atoms with Crippen molar-refractivity contribution >= 4 is 16.8 Å². The Morgan fingerprint density at radius 1 is 1.36 bits per heavy atom. The lowest BCUT2D eigenvalue weighted by Gasteiger charge is -2.07. The first kappa shape index (κ1) is 14.9. The van der Waals surface area contributed by atoms with Crippen molar-refractivity contribution in [3.8, 4) is 0 Å². The SMILES string of the molecule is CC[S@@](=O)c1ccccc1C(=O)OCc1nnc(C2CC2)o1. The van der Waals surface area contributed by atoms with E-state index in [-0.39, 0.29) is 12.5 Å². The van der Waals surface area contributed by atoms with Gasteiger partial charge in [-0.05, 0) is 25.0 Å². The van der Waals surface area contributed by atoms with E-state index in [1.54, 1.807) is 31.2 Å². The summed E-state index contributed by atoms with van der Waals surface area (Å²) in [5.74, 6) is 1.16. The van der Waals surface area contributed by atoms with Gasteiger partial charge in [-0.15, -0.1) is 10.2 Å². The van der Waals surface area contributed by atoms with Gasteiger partial charge >= 0.3 is 5.97 Å². The molecule has 2 aromatic rings. The summed E-state index contributed by atoms with van der Waals surface area (Å²) in [5.41, 5.74) is 0.310. The molecule has 0 N–H and O–H groups in total. The highest BCUT2D eigenvalue weighted by Crippen LogP contribution is 2.39. The minimum Gasteiger partial charge on any atom is -0.452 e. The molecule has 3 rings (SSSR count). The first-order valence-corrected chi connectivity index (χ1v) is 8.47. The molecule has 1 aliphatic rings. The molecule has 6 nitrogen and oxygen atoms in total. The molecule has 0 bridgehead atoms. The van der Waals surface area contributed by atoms with Gasteiger partial charge in [0.05, 0.1) is 21.3 Å². The molecule has 7 heteroatoms. The molecule has 0 radical (unpaired) electrons. The van der Waals surface area contributed by atoms with Crippen molar-refractivity contribution in [1.29, 1.82) is 0 Å². The molecule has 1 fully saturated rings. The smallest absolute Gasteiger partial charge is 0.339 e. The van der Waals surface area contributed by atoms with Crippen LogP contribution in [0.2, 0.25) is 0 Å². The summed E-state index contributed by atoms with van der Waals surface area (Å²) in [6, 6.07) is 6.74. The van der Waals surface area contributed by atoms with Crippen LogP contribution >= 0.6 is 0 Å². The van der Waals surface area contributed by atoms with E-state index >= 15 is 0 Å². The highest BCUT2D eigenvalue weighted by atomic mass is 32.2. The van der Waals surface area contributed by atoms with Gasteiger partial charge < -0.3 is 9.15 Å². The number of benzene rings is 1. The average Bonchev–Trinajstić information content (AvgIpc) is 3.30. The zero-order chi connectivity index (χ0) is 15.5. The monoisotopic (exact) mass is 320 g/mol. The van der Waals surface area contributed by atoms with E-state index in [0.717, 1.165) is 12.8 Å². The van der Waals surface area contributed by atoms with E-state index in [4.69, 9.17) is 9.15 Å². The molecule has 1 atom stereocenters. The van der Waals surface area contributed by atoms with Crippen LogP contribution in [0.1, 0.15) is 47.8 Å². The van der Waals surface area contributed by atoms with Crippen molar-refractivity contribution in [1.82, 2.24) is 10.2 Å². The molecule has 1 heterocycles. The predicted octanol–water partition coefficient (Wildman–Crippen LogP) is 2.43. The van der Waals surface area contributed by atoms with Crippen LogP contribution in [-0.4, -0.2) is 26.1 Å². The Morgan fingerprint density at radius 3 is 2.86 bits per heavy atom. The highest BCUT2D eigenvalue weighted by Gasteiger charge is 2.29. The summed E-state index contributed by atoms with van der Waals surface area (Å²) in [4.78, 5) is 12.7. The van der Waals surface area contributed by atoms with Crippen LogP contribution in [0.25, 0.3) is 0 Å². The lowest BCUT2D eigenvalue weighted by atomic mass is 10.2. The normalized spacial score (nSPS) is 15.5. The number of carbonyl (C=O) groups excluding carboxylic acids is 1. The lowest BCUT2D eigenvalue weighted by molar-refractivity contribution is 0.0432. The number of esters is 1. The maximum absolute atomic E-state index is 12.2. The zero-order valence-corrected chi connectivity index (χ0v) is 13.0. The number of aromatic nitrogens is 2. The molecule has 1 aromatic heterocycles. The fraction of sp³-hybridized carbons (Fsp3) is 0.400. The van der Waals surface area contributed by atoms with Crippen LogP contribution in [0.5, 0.6) is 0 Å². The minimum atomic E-state index is -1.22. The second kappa shape index (κ2) is 6.39. The first-order valence-electron chi connectivity index (χ1n) is 7.16. The fourth-order valence-corrected chi connectivity index (χ4v) is 2.95. The molecule has 0 amide bonds. The first-order chi connectivity index (χ1) is 10.7. The summed E-state index contributed by atoms with van der Waals surface area (Å²) in [6.07, 6.45) is 2.13. The van der Waals surface area contributed by atoms with Crippen LogP contribution < -0.4 is 0 Å². The third kappa shape index (κ3) is 3.24. The molecule has 0 unspecified atom stereocenters. The molecule has 1 aliphatic carbocycles. The second-order valence-electron chi connectivity index (χ2n) is 5.01. The summed E-state index contributed by atoms with van der Waals surface area (Å²) in [6.45, 7) is 1.72. The van der Waals surface area contributed by atoms with E-state index in [1.807, 2.05) is 0 Å². The van der Waals surface area contributed by atoms with Crippen LogP contribution in [0.3, 0.4) is 0 Å². The molecule has 0 saturated heterocycles. The molecule has 1 aromatic carbocycles. The van der Waals surface area contributed by atoms with Gasteiger partial charge in [0.2, 0.25) is 5.89 Å². The third-order valence-electron chi connectivity index (χ3n) is 3.35. The summed E-state index contributed by atoms with van der Waals surface area (Å²) >= 11 is 0. The molecule has 0 spiro atoms. The number of hydrogen-bond acceptors (Lipinski definition) is 6. The third-order valence-corrected chi connectivity index (χ3v) is 4.72. The van der Waals surface area contributed by atoms with E-state index < -0.39 is 16.8 Å². The van der Waals surface area contributed by atoms with E-state index in [1.165, 1.54) is 0 Å². The maximum Gasteiger partial charge on any atom is 0.339 e. The van der Waals surface area contributed by atoms with Gasteiger partial charge in [0.1, 0.15) is 0 Å². The summed E-state index contributed by atoms with van der Waals surface area (Å²) in [7, 11) is -1.22. The Hall–Kier alpha value is -2.02. The van der Waals surface area contributed by atoms with Crippen molar-refractivity contribution < 1.29 is 18.2 Å². The number of hydrogen-bond donors (Lipinski definition) is 0. The van der Waals surface area contributed by atoms with E-state index in [9.17, 15) is 9.00 Å². The van der Waals surface area contributed by atoms with Crippen molar-refractivity contribution in [3.05, 3.63) is 41.6 Å². The molecular formula is C15H16N2O4S. The van der Waals surface area contributed by atoms with Crippen LogP contribution in [-0.2, 0) is 22.1 Å². The van der Waals surface area contributed by atoms with Gasteiger partial charge in [-0.2, -0.15) is 0 Å². The number of carbonyl (C=O) groups is 1. The van der Waals surface area contributed by atoms with Gasteiger partial charge in [-0.25, -0.2) is 4.79 Å². The van der Waals surface area contributed by atoms with Gasteiger partial charge in [0.15, 0.2) is 6.61 Å². The Labute approximate surface area is 130 Å². The summed E-state index contributed by atoms with van der Waals surface area (Å²) in [5, 5.41) is 7.79. The fourth-order valence-electron chi connectivity index (χ4n) is 2.01. The molecule has 22 heavy (non-hydrogen) atoms. The van der Waals surface area contributed by atoms with Gasteiger partial charge in [0.25, 0.3) is 5.89 Å². The standard InChI is InChI=1S/C15H16N2O4S/c1-2-22(19)12-6-4-3-5-11(12)15(18)20-9-13-16-17-14(21-13)10-7-8-10/h3-6,10H,2,7-9H2,1H3/t22-/m1/s1. The Morgan fingerprint density at radius 2 is 2.14 bits per heavy atom. The summed E-state index contributed by atoms with van der Waals surface area (Å²) < 4.78 is 22.6. The van der Waals surface area contributed by atoms with Gasteiger partial charge in [0, 0.05) is 11.7 Å². The molecular weight excluding hydrogens is 304 g/mol. The predicted molar refractivity (Wildman–Crippen MR) is 78.8 cm³/mol. The average molecular weight is 320 g/mol. The molecule has 116 valence electrons. The Balaban J connectivity index is 1.67. The maximum atomic E-state index is 12.2. The minimum absolute atomic E-state index is 0.0777. The number of ether oxygens (including phenoxy) is 1. The van der Waals surface area contributed by atoms with Crippen molar-refractivity contribution in [2.75, 3.05) is 5.75 Å². The van der Waals surface area contributed by atoms with Crippen molar-refractivity contribution in [2.24, 2.45) is 0 Å². The Kier molecular flexibility index (Phi) is 4.33. The van der Waals surface area contributed by atoms with E-state index in [0.29, 0.717) is 28.0 Å². The quantitative estimate of drug-likeness (QED) is 0.760. The largest absolute Gasteiger partial charge is 0.452 e. The van der Waals surface area contributed by atoms with Gasteiger partial charge in [-0.3, -0.25) is 4.21 Å². The number of rotatable bonds is 6. The van der Waals surface area contributed by atoms with Crippen molar-refractivity contribution in [3.63, 3.8) is 0 Å². The lowest BCUT2D eigenvalue weighted by Crippen LogP contribution is -2.10. The van der Waals surface area contributed by atoms with E-state index in [2.05, 4.69) is 10.2 Å². The van der Waals surface area contributed by atoms with Crippen LogP contribution in [0.4, 0.5) is 0 Å². The topological polar surface area (TPSA) is 82.3 Å². The Bertz CT molecular complexity index is 709. The molecule has 0 aliphatic heterocycles. The highest BCUT2D eigenvalue weighted by molar-refractivity contribution is 7.85.